The lowest BCUT2D eigenvalue weighted by Gasteiger charge is -2.23. The molecule has 0 aliphatic rings. The third-order valence-electron chi connectivity index (χ3n) is 4.31. The van der Waals surface area contributed by atoms with Crippen molar-refractivity contribution in [2.45, 2.75) is 26.2 Å². The minimum atomic E-state index is -0.317. The monoisotopic (exact) mass is 370 g/mol. The summed E-state index contributed by atoms with van der Waals surface area (Å²) in [5, 5.41) is 15.3. The maximum atomic E-state index is 12.6. The van der Waals surface area contributed by atoms with Crippen LogP contribution in [0.3, 0.4) is 0 Å². The maximum absolute atomic E-state index is 12.6. The van der Waals surface area contributed by atoms with E-state index >= 15 is 0 Å². The lowest BCUT2D eigenvalue weighted by molar-refractivity contribution is 0.102. The Labute approximate surface area is 165 Å². The zero-order valence-electron chi connectivity index (χ0n) is 16.2. The summed E-state index contributed by atoms with van der Waals surface area (Å²) in [6.45, 7) is 6.47. The molecule has 0 spiro atoms. The van der Waals surface area contributed by atoms with E-state index in [0.29, 0.717) is 16.8 Å². The van der Waals surface area contributed by atoms with E-state index in [1.165, 1.54) is 11.8 Å². The fraction of sp³-hybridized carbons (Fsp3) is 0.174. The number of rotatable bonds is 4. The molecule has 0 atom stereocenters. The summed E-state index contributed by atoms with van der Waals surface area (Å²) in [5.41, 5.74) is 4.15. The van der Waals surface area contributed by atoms with Crippen LogP contribution in [0.4, 0.5) is 17.1 Å². The molecule has 1 amide bonds. The van der Waals surface area contributed by atoms with E-state index in [1.54, 1.807) is 36.5 Å². The zero-order chi connectivity index (χ0) is 20.1. The quantitative estimate of drug-likeness (QED) is 0.658. The first-order valence-corrected chi connectivity index (χ1v) is 9.00. The number of nitrogens with zero attached hydrogens (tertiary/aromatic N) is 2. The van der Waals surface area contributed by atoms with Gasteiger partial charge in [0.25, 0.3) is 5.91 Å². The molecule has 2 aromatic carbocycles. The number of benzene rings is 2. The van der Waals surface area contributed by atoms with Crippen LogP contribution in [0.25, 0.3) is 0 Å². The molecule has 0 aliphatic heterocycles. The fourth-order valence-electron chi connectivity index (χ4n) is 2.92. The summed E-state index contributed by atoms with van der Waals surface area (Å²) in [6.07, 6.45) is 3.19. The molecule has 0 bridgehead atoms. The topological polar surface area (TPSA) is 77.8 Å². The number of aromatic nitrogens is 1. The van der Waals surface area contributed by atoms with Gasteiger partial charge < -0.3 is 10.6 Å². The summed E-state index contributed by atoms with van der Waals surface area (Å²) >= 11 is 0. The van der Waals surface area contributed by atoms with E-state index < -0.39 is 0 Å². The van der Waals surface area contributed by atoms with Gasteiger partial charge in [-0.25, -0.2) is 0 Å². The van der Waals surface area contributed by atoms with E-state index in [4.69, 9.17) is 0 Å². The molecule has 3 rings (SSSR count). The van der Waals surface area contributed by atoms with E-state index in [0.717, 1.165) is 11.4 Å². The SMILES string of the molecule is CC(C)(C)c1ccccc1Nc1cncc(C(=O)Nc2ccccc2C#N)c1. The molecule has 0 unspecified atom stereocenters. The molecule has 0 aliphatic carbocycles. The number of carbonyl (C=O) groups excluding carboxylic acids is 1. The number of pyridine rings is 1. The Bertz CT molecular complexity index is 1040. The van der Waals surface area contributed by atoms with Crippen molar-refractivity contribution in [3.05, 3.63) is 83.7 Å². The molecule has 3 aromatic rings. The van der Waals surface area contributed by atoms with Gasteiger partial charge in [-0.2, -0.15) is 5.26 Å². The van der Waals surface area contributed by atoms with Crippen LogP contribution >= 0.6 is 0 Å². The van der Waals surface area contributed by atoms with Gasteiger partial charge in [0.15, 0.2) is 0 Å². The lowest BCUT2D eigenvalue weighted by Crippen LogP contribution is -2.15. The minimum Gasteiger partial charge on any atom is -0.354 e. The van der Waals surface area contributed by atoms with Crippen molar-refractivity contribution in [2.75, 3.05) is 10.6 Å². The Morgan fingerprint density at radius 3 is 2.39 bits per heavy atom. The van der Waals surface area contributed by atoms with E-state index in [-0.39, 0.29) is 11.3 Å². The van der Waals surface area contributed by atoms with E-state index in [1.807, 2.05) is 18.2 Å². The molecular weight excluding hydrogens is 348 g/mol. The first-order valence-electron chi connectivity index (χ1n) is 9.00. The number of hydrogen-bond acceptors (Lipinski definition) is 4. The van der Waals surface area contributed by atoms with Gasteiger partial charge in [0, 0.05) is 11.9 Å². The summed E-state index contributed by atoms with van der Waals surface area (Å²) in [7, 11) is 0. The van der Waals surface area contributed by atoms with Crippen molar-refractivity contribution in [3.63, 3.8) is 0 Å². The smallest absolute Gasteiger partial charge is 0.257 e. The van der Waals surface area contributed by atoms with Crippen LogP contribution in [0.15, 0.2) is 67.0 Å². The number of para-hydroxylation sites is 2. The van der Waals surface area contributed by atoms with Crippen LogP contribution in [0.2, 0.25) is 0 Å². The van der Waals surface area contributed by atoms with Crippen molar-refractivity contribution in [1.29, 1.82) is 5.26 Å². The molecule has 5 nitrogen and oxygen atoms in total. The third-order valence-corrected chi connectivity index (χ3v) is 4.31. The van der Waals surface area contributed by atoms with Crippen molar-refractivity contribution < 1.29 is 4.79 Å². The van der Waals surface area contributed by atoms with Crippen molar-refractivity contribution in [2.24, 2.45) is 0 Å². The van der Waals surface area contributed by atoms with Gasteiger partial charge in [0.1, 0.15) is 6.07 Å². The highest BCUT2D eigenvalue weighted by atomic mass is 16.1. The Morgan fingerprint density at radius 1 is 1.00 bits per heavy atom. The summed E-state index contributed by atoms with van der Waals surface area (Å²) in [5.74, 6) is -0.317. The Morgan fingerprint density at radius 2 is 1.68 bits per heavy atom. The van der Waals surface area contributed by atoms with Gasteiger partial charge in [-0.05, 0) is 35.2 Å². The number of carbonyl (C=O) groups is 1. The summed E-state index contributed by atoms with van der Waals surface area (Å²) in [4.78, 5) is 16.8. The molecule has 1 aromatic heterocycles. The highest BCUT2D eigenvalue weighted by molar-refractivity contribution is 6.05. The van der Waals surface area contributed by atoms with Gasteiger partial charge in [-0.3, -0.25) is 9.78 Å². The average Bonchev–Trinajstić information content (AvgIpc) is 2.68. The van der Waals surface area contributed by atoms with Crippen molar-refractivity contribution in [3.8, 4) is 6.07 Å². The lowest BCUT2D eigenvalue weighted by atomic mass is 9.86. The molecular formula is C23H22N4O. The van der Waals surface area contributed by atoms with Gasteiger partial charge in [0.05, 0.1) is 28.7 Å². The fourth-order valence-corrected chi connectivity index (χ4v) is 2.92. The molecule has 0 radical (unpaired) electrons. The molecule has 5 heteroatoms. The molecule has 0 fully saturated rings. The van der Waals surface area contributed by atoms with Gasteiger partial charge >= 0.3 is 0 Å². The van der Waals surface area contributed by atoms with Gasteiger partial charge in [0.2, 0.25) is 0 Å². The summed E-state index contributed by atoms with van der Waals surface area (Å²) < 4.78 is 0. The predicted octanol–water partition coefficient (Wildman–Crippen LogP) is 5.25. The second-order valence-corrected chi connectivity index (χ2v) is 7.49. The standard InChI is InChI=1S/C23H22N4O/c1-23(2,3)19-9-5-7-11-21(19)26-18-12-17(14-25-15-18)22(28)27-20-10-6-4-8-16(20)13-24/h4-12,14-15,26H,1-3H3,(H,27,28). The third kappa shape index (κ3) is 4.36. The Kier molecular flexibility index (Phi) is 5.42. The molecule has 28 heavy (non-hydrogen) atoms. The average molecular weight is 370 g/mol. The van der Waals surface area contributed by atoms with Crippen LogP contribution in [0.5, 0.6) is 0 Å². The molecule has 2 N–H and O–H groups in total. The van der Waals surface area contributed by atoms with Crippen LogP contribution in [0.1, 0.15) is 42.3 Å². The van der Waals surface area contributed by atoms with E-state index in [9.17, 15) is 10.1 Å². The minimum absolute atomic E-state index is 0.0208. The first-order chi connectivity index (χ1) is 13.4. The Hall–Kier alpha value is -3.65. The number of anilines is 3. The van der Waals surface area contributed by atoms with Crippen molar-refractivity contribution >= 4 is 23.0 Å². The number of hydrogen-bond donors (Lipinski definition) is 2. The highest BCUT2D eigenvalue weighted by Gasteiger charge is 2.18. The number of nitrogens with one attached hydrogen (secondary N) is 2. The largest absolute Gasteiger partial charge is 0.354 e. The van der Waals surface area contributed by atoms with Crippen LogP contribution in [-0.4, -0.2) is 10.9 Å². The Balaban J connectivity index is 1.84. The maximum Gasteiger partial charge on any atom is 0.257 e. The highest BCUT2D eigenvalue weighted by Crippen LogP contribution is 2.31. The second kappa shape index (κ2) is 7.93. The molecule has 0 saturated heterocycles. The normalized spacial score (nSPS) is 10.8. The molecule has 140 valence electrons. The number of nitriles is 1. The zero-order valence-corrected chi connectivity index (χ0v) is 16.2. The van der Waals surface area contributed by atoms with Crippen LogP contribution in [0, 0.1) is 11.3 Å². The van der Waals surface area contributed by atoms with Crippen LogP contribution in [-0.2, 0) is 5.41 Å². The molecule has 1 heterocycles. The first kappa shape index (κ1) is 19.1. The van der Waals surface area contributed by atoms with Gasteiger partial charge in [-0.1, -0.05) is 51.1 Å². The predicted molar refractivity (Wildman–Crippen MR) is 112 cm³/mol. The number of amides is 1. The van der Waals surface area contributed by atoms with E-state index in [2.05, 4.69) is 48.5 Å². The molecule has 0 saturated carbocycles. The second-order valence-electron chi connectivity index (χ2n) is 7.49. The summed E-state index contributed by atoms with van der Waals surface area (Å²) in [6, 6.07) is 18.8. The van der Waals surface area contributed by atoms with Crippen molar-refractivity contribution in [1.82, 2.24) is 4.98 Å². The van der Waals surface area contributed by atoms with Crippen LogP contribution < -0.4 is 10.6 Å². The van der Waals surface area contributed by atoms with Gasteiger partial charge in [-0.15, -0.1) is 0 Å².